The van der Waals surface area contributed by atoms with E-state index in [1.807, 2.05) is 6.92 Å². The molecule has 4 aromatic rings. The minimum atomic E-state index is -3.73. The Hall–Kier alpha value is -3.52. The van der Waals surface area contributed by atoms with Gasteiger partial charge in [0.25, 0.3) is 0 Å². The molecule has 0 radical (unpaired) electrons. The van der Waals surface area contributed by atoms with Gasteiger partial charge in [-0.25, -0.2) is 17.5 Å². The molecule has 1 aliphatic heterocycles. The molecule has 2 aromatic heterocycles. The average Bonchev–Trinajstić information content (AvgIpc) is 3.66. The number of hydrogen-bond acceptors (Lipinski definition) is 5. The highest BCUT2D eigenvalue weighted by Gasteiger charge is 2.61. The van der Waals surface area contributed by atoms with E-state index in [-0.39, 0.29) is 16.6 Å². The van der Waals surface area contributed by atoms with Crippen LogP contribution in [-0.2, 0) is 27.2 Å². The van der Waals surface area contributed by atoms with Gasteiger partial charge in [0.15, 0.2) is 0 Å². The van der Waals surface area contributed by atoms with Gasteiger partial charge in [-0.15, -0.1) is 5.92 Å². The summed E-state index contributed by atoms with van der Waals surface area (Å²) in [7, 11) is -0.332. The molecule has 6 rings (SSSR count). The fraction of sp³-hybridized carbons (Fsp3) is 0.379. The van der Waals surface area contributed by atoms with Crippen LogP contribution in [0.2, 0.25) is 0 Å². The van der Waals surface area contributed by atoms with Gasteiger partial charge in [-0.3, -0.25) is 4.68 Å². The largest absolute Gasteiger partial charge is 0.366 e. The van der Waals surface area contributed by atoms with Crippen LogP contribution in [0.3, 0.4) is 0 Å². The Morgan fingerprint density at radius 1 is 1.15 bits per heavy atom. The summed E-state index contributed by atoms with van der Waals surface area (Å²) >= 11 is 0. The fourth-order valence-electron chi connectivity index (χ4n) is 6.67. The molecule has 0 amide bonds. The van der Waals surface area contributed by atoms with Crippen molar-refractivity contribution in [2.24, 2.45) is 13.0 Å². The van der Waals surface area contributed by atoms with Gasteiger partial charge in [0, 0.05) is 44.2 Å². The van der Waals surface area contributed by atoms with Crippen molar-refractivity contribution in [1.82, 2.24) is 23.9 Å². The Morgan fingerprint density at radius 3 is 2.59 bits per heavy atom. The molecule has 1 saturated carbocycles. The van der Waals surface area contributed by atoms with E-state index in [9.17, 15) is 12.8 Å². The molecular formula is C29H30FN5O3S. The summed E-state index contributed by atoms with van der Waals surface area (Å²) in [4.78, 5) is 0.194. The van der Waals surface area contributed by atoms with Crippen molar-refractivity contribution in [2.45, 2.75) is 42.6 Å². The summed E-state index contributed by atoms with van der Waals surface area (Å²) in [6.45, 7) is 4.56. The van der Waals surface area contributed by atoms with E-state index in [0.29, 0.717) is 25.9 Å². The smallest absolute Gasteiger partial charge is 0.246 e. The number of benzene rings is 2. The Balaban J connectivity index is 1.47. The van der Waals surface area contributed by atoms with E-state index in [0.717, 1.165) is 27.7 Å². The SMILES string of the molecule is CC#CC1(OC)CC2CN(S(=O)(=O)c3cnn(C)c3)CC2(c2cc3cnn(-c4ccc(F)cc4)c3cc2C)C1. The maximum Gasteiger partial charge on any atom is 0.246 e. The van der Waals surface area contributed by atoms with Gasteiger partial charge in [-0.2, -0.15) is 14.5 Å². The van der Waals surface area contributed by atoms with Crippen LogP contribution in [0.1, 0.15) is 30.9 Å². The molecule has 3 atom stereocenters. The first-order chi connectivity index (χ1) is 18.6. The molecular weight excluding hydrogens is 517 g/mol. The first-order valence-corrected chi connectivity index (χ1v) is 14.3. The number of hydrogen-bond donors (Lipinski definition) is 0. The summed E-state index contributed by atoms with van der Waals surface area (Å²) in [5, 5.41) is 9.60. The van der Waals surface area contributed by atoms with Crippen LogP contribution in [0.25, 0.3) is 16.6 Å². The van der Waals surface area contributed by atoms with Gasteiger partial charge in [0.2, 0.25) is 10.0 Å². The predicted molar refractivity (Wildman–Crippen MR) is 145 cm³/mol. The third kappa shape index (κ3) is 3.99. The standard InChI is InChI=1S/C29H30FN5O3S/c1-5-10-28(38-4)13-22-16-34(39(36,37)25-15-31-33(3)17-25)19-29(22,18-28)26-12-21-14-32-35(27(21)11-20(26)2)24-8-6-23(30)7-9-24/h6-9,11-12,14-15,17,22H,13,16,18-19H2,1-4H3. The van der Waals surface area contributed by atoms with E-state index in [1.165, 1.54) is 23.0 Å². The van der Waals surface area contributed by atoms with E-state index in [4.69, 9.17) is 4.74 Å². The van der Waals surface area contributed by atoms with Crippen LogP contribution < -0.4 is 0 Å². The monoisotopic (exact) mass is 547 g/mol. The quantitative estimate of drug-likeness (QED) is 0.353. The molecule has 39 heavy (non-hydrogen) atoms. The van der Waals surface area contributed by atoms with E-state index in [2.05, 4.69) is 41.1 Å². The lowest BCUT2D eigenvalue weighted by molar-refractivity contribution is 0.0372. The topological polar surface area (TPSA) is 82.2 Å². The molecule has 0 spiro atoms. The van der Waals surface area contributed by atoms with Crippen LogP contribution >= 0.6 is 0 Å². The maximum atomic E-state index is 13.7. The van der Waals surface area contributed by atoms with E-state index < -0.39 is 21.0 Å². The van der Waals surface area contributed by atoms with Gasteiger partial charge in [-0.1, -0.05) is 5.92 Å². The van der Waals surface area contributed by atoms with Gasteiger partial charge in [-0.05, 0) is 80.1 Å². The number of nitrogens with zero attached hydrogens (tertiary/aromatic N) is 5. The molecule has 2 aliphatic rings. The number of methoxy groups -OCH3 is 1. The van der Waals surface area contributed by atoms with Gasteiger partial charge in [0.05, 0.1) is 23.6 Å². The van der Waals surface area contributed by atoms with E-state index in [1.54, 1.807) is 47.7 Å². The van der Waals surface area contributed by atoms with Gasteiger partial charge >= 0.3 is 0 Å². The first kappa shape index (κ1) is 25.7. The molecule has 202 valence electrons. The number of ether oxygens (including phenoxy) is 1. The first-order valence-electron chi connectivity index (χ1n) is 12.8. The van der Waals surface area contributed by atoms with Crippen molar-refractivity contribution in [1.29, 1.82) is 0 Å². The second-order valence-electron chi connectivity index (χ2n) is 10.7. The third-order valence-electron chi connectivity index (χ3n) is 8.43. The third-order valence-corrected chi connectivity index (χ3v) is 10.2. The fourth-order valence-corrected chi connectivity index (χ4v) is 8.21. The highest BCUT2D eigenvalue weighted by atomic mass is 32.2. The van der Waals surface area contributed by atoms with Gasteiger partial charge in [0.1, 0.15) is 16.3 Å². The zero-order valence-electron chi connectivity index (χ0n) is 22.3. The number of halogens is 1. The molecule has 2 fully saturated rings. The number of aryl methyl sites for hydroxylation is 2. The number of sulfonamides is 1. The summed E-state index contributed by atoms with van der Waals surface area (Å²) in [6, 6.07) is 10.5. The van der Waals surface area contributed by atoms with E-state index >= 15 is 0 Å². The Labute approximate surface area is 227 Å². The second-order valence-corrected chi connectivity index (χ2v) is 12.7. The highest BCUT2D eigenvalue weighted by Crippen LogP contribution is 2.57. The molecule has 2 aromatic carbocycles. The zero-order valence-corrected chi connectivity index (χ0v) is 23.2. The van der Waals surface area contributed by atoms with Crippen molar-refractivity contribution in [2.75, 3.05) is 20.2 Å². The summed E-state index contributed by atoms with van der Waals surface area (Å²) < 4.78 is 51.8. The van der Waals surface area contributed by atoms with Crippen LogP contribution in [0.4, 0.5) is 4.39 Å². The summed E-state index contributed by atoms with van der Waals surface area (Å²) in [5.74, 6) is 6.05. The van der Waals surface area contributed by atoms with Crippen LogP contribution in [-0.4, -0.2) is 58.1 Å². The minimum absolute atomic E-state index is 0.00744. The minimum Gasteiger partial charge on any atom is -0.366 e. The van der Waals surface area contributed by atoms with Crippen molar-refractivity contribution in [3.8, 4) is 17.5 Å². The average molecular weight is 548 g/mol. The van der Waals surface area contributed by atoms with Gasteiger partial charge < -0.3 is 4.74 Å². The van der Waals surface area contributed by atoms with Crippen molar-refractivity contribution in [3.63, 3.8) is 0 Å². The summed E-state index contributed by atoms with van der Waals surface area (Å²) in [6.07, 6.45) is 5.96. The van der Waals surface area contributed by atoms with Crippen molar-refractivity contribution < 1.29 is 17.5 Å². The Bertz CT molecular complexity index is 1750. The molecule has 0 bridgehead atoms. The molecule has 10 heteroatoms. The zero-order chi connectivity index (χ0) is 27.6. The molecule has 3 unspecified atom stereocenters. The molecule has 0 N–H and O–H groups in total. The predicted octanol–water partition coefficient (Wildman–Crippen LogP) is 3.97. The summed E-state index contributed by atoms with van der Waals surface area (Å²) in [5.41, 5.74) is 2.64. The lowest BCUT2D eigenvalue weighted by Crippen LogP contribution is -2.39. The van der Waals surface area contributed by atoms with Crippen LogP contribution in [0, 0.1) is 30.5 Å². The normalized spacial score (nSPS) is 25.1. The molecule has 8 nitrogen and oxygen atoms in total. The van der Waals surface area contributed by atoms with Crippen molar-refractivity contribution in [3.05, 3.63) is 71.9 Å². The molecule has 1 saturated heterocycles. The highest BCUT2D eigenvalue weighted by molar-refractivity contribution is 7.89. The lowest BCUT2D eigenvalue weighted by Gasteiger charge is -2.33. The Kier molecular flexibility index (Phi) is 5.95. The lowest BCUT2D eigenvalue weighted by atomic mass is 9.72. The number of rotatable bonds is 5. The number of fused-ring (bicyclic) bond motifs is 2. The van der Waals surface area contributed by atoms with Crippen molar-refractivity contribution >= 4 is 20.9 Å². The van der Waals surface area contributed by atoms with Crippen LogP contribution in [0.15, 0.2) is 59.9 Å². The van der Waals surface area contributed by atoms with Crippen LogP contribution in [0.5, 0.6) is 0 Å². The molecule has 3 heterocycles. The Morgan fingerprint density at radius 2 is 1.92 bits per heavy atom. The molecule has 1 aliphatic carbocycles. The number of aromatic nitrogens is 4. The maximum absolute atomic E-state index is 13.7. The second kappa shape index (κ2) is 9.01.